The second-order valence-corrected chi connectivity index (χ2v) is 8.19. The van der Waals surface area contributed by atoms with Crippen LogP contribution in [0.5, 0.6) is 0 Å². The lowest BCUT2D eigenvalue weighted by Gasteiger charge is -2.22. The quantitative estimate of drug-likeness (QED) is 0.758. The molecule has 0 radical (unpaired) electrons. The van der Waals surface area contributed by atoms with E-state index in [2.05, 4.69) is 31.9 Å². The van der Waals surface area contributed by atoms with Crippen LogP contribution < -0.4 is 0 Å². The maximum atomic E-state index is 12.7. The van der Waals surface area contributed by atoms with E-state index in [1.807, 2.05) is 0 Å². The van der Waals surface area contributed by atoms with Crippen LogP contribution in [-0.4, -0.2) is 36.4 Å². The van der Waals surface area contributed by atoms with Crippen molar-refractivity contribution in [2.75, 3.05) is 6.54 Å². The Labute approximate surface area is 134 Å². The molecule has 1 saturated carbocycles. The molecule has 20 heavy (non-hydrogen) atoms. The van der Waals surface area contributed by atoms with Crippen LogP contribution in [0.1, 0.15) is 19.3 Å². The van der Waals surface area contributed by atoms with Gasteiger partial charge >= 0.3 is 5.97 Å². The molecular weight excluding hydrogens is 414 g/mol. The Morgan fingerprint density at radius 2 is 2.00 bits per heavy atom. The van der Waals surface area contributed by atoms with E-state index in [0.717, 1.165) is 12.8 Å². The van der Waals surface area contributed by atoms with Crippen LogP contribution in [0.25, 0.3) is 0 Å². The highest BCUT2D eigenvalue weighted by Crippen LogP contribution is 2.35. The zero-order valence-electron chi connectivity index (χ0n) is 10.4. The summed E-state index contributed by atoms with van der Waals surface area (Å²) in [5.41, 5.74) is 0. The summed E-state index contributed by atoms with van der Waals surface area (Å²) >= 11 is 6.50. The van der Waals surface area contributed by atoms with Crippen molar-refractivity contribution >= 4 is 47.9 Å². The van der Waals surface area contributed by atoms with E-state index in [1.54, 1.807) is 12.1 Å². The van der Waals surface area contributed by atoms with E-state index in [0.29, 0.717) is 8.95 Å². The Balaban J connectivity index is 2.35. The van der Waals surface area contributed by atoms with Crippen molar-refractivity contribution in [3.05, 3.63) is 27.1 Å². The number of hydrogen-bond donors (Lipinski definition) is 1. The van der Waals surface area contributed by atoms with Gasteiger partial charge in [0.1, 0.15) is 0 Å². The molecule has 0 saturated heterocycles. The molecule has 1 aliphatic rings. The van der Waals surface area contributed by atoms with Crippen molar-refractivity contribution in [3.8, 4) is 0 Å². The second kappa shape index (κ2) is 6.13. The summed E-state index contributed by atoms with van der Waals surface area (Å²) in [5, 5.41) is 8.76. The number of benzene rings is 1. The first-order chi connectivity index (χ1) is 9.32. The van der Waals surface area contributed by atoms with Gasteiger partial charge in [-0.2, -0.15) is 4.31 Å². The largest absolute Gasteiger partial charge is 0.481 e. The van der Waals surface area contributed by atoms with E-state index < -0.39 is 16.0 Å². The molecule has 0 spiro atoms. The van der Waals surface area contributed by atoms with Gasteiger partial charge in [-0.15, -0.1) is 0 Å². The predicted molar refractivity (Wildman–Crippen MR) is 81.0 cm³/mol. The highest BCUT2D eigenvalue weighted by Gasteiger charge is 2.38. The van der Waals surface area contributed by atoms with Crippen molar-refractivity contribution in [2.24, 2.45) is 0 Å². The Kier molecular flexibility index (Phi) is 4.88. The van der Waals surface area contributed by atoms with Crippen LogP contribution in [0.2, 0.25) is 0 Å². The van der Waals surface area contributed by atoms with Gasteiger partial charge in [0, 0.05) is 21.5 Å². The lowest BCUT2D eigenvalue weighted by Crippen LogP contribution is -2.35. The van der Waals surface area contributed by atoms with Crippen molar-refractivity contribution < 1.29 is 18.3 Å². The first-order valence-corrected chi connectivity index (χ1v) is 9.03. The van der Waals surface area contributed by atoms with E-state index in [-0.39, 0.29) is 23.9 Å². The zero-order chi connectivity index (χ0) is 14.9. The number of rotatable bonds is 6. The SMILES string of the molecule is O=C(O)CCN(C1CC1)S(=O)(=O)c1cc(Br)ccc1Br. The number of halogens is 2. The van der Waals surface area contributed by atoms with Gasteiger partial charge in [0.15, 0.2) is 0 Å². The maximum Gasteiger partial charge on any atom is 0.304 e. The summed E-state index contributed by atoms with van der Waals surface area (Å²) in [6.45, 7) is 0.00128. The minimum atomic E-state index is -3.69. The summed E-state index contributed by atoms with van der Waals surface area (Å²) in [5.74, 6) is -1.00. The molecule has 0 atom stereocenters. The Morgan fingerprint density at radius 3 is 2.55 bits per heavy atom. The Bertz CT molecular complexity index is 628. The van der Waals surface area contributed by atoms with Crippen molar-refractivity contribution in [3.63, 3.8) is 0 Å². The number of sulfonamides is 1. The number of carboxylic acids is 1. The molecule has 0 heterocycles. The first-order valence-electron chi connectivity index (χ1n) is 6.01. The molecule has 1 aromatic rings. The third kappa shape index (κ3) is 3.60. The molecule has 0 unspecified atom stereocenters. The third-order valence-electron chi connectivity index (χ3n) is 2.98. The van der Waals surface area contributed by atoms with Gasteiger partial charge in [-0.3, -0.25) is 4.79 Å². The second-order valence-electron chi connectivity index (χ2n) is 4.57. The van der Waals surface area contributed by atoms with E-state index >= 15 is 0 Å². The summed E-state index contributed by atoms with van der Waals surface area (Å²) in [6.07, 6.45) is 1.37. The fraction of sp³-hybridized carbons (Fsp3) is 0.417. The summed E-state index contributed by atoms with van der Waals surface area (Å²) in [6, 6.07) is 4.83. The normalized spacial score (nSPS) is 15.6. The molecule has 8 heteroatoms. The highest BCUT2D eigenvalue weighted by molar-refractivity contribution is 9.11. The van der Waals surface area contributed by atoms with Gasteiger partial charge in [-0.25, -0.2) is 8.42 Å². The van der Waals surface area contributed by atoms with Crippen LogP contribution in [0.3, 0.4) is 0 Å². The van der Waals surface area contributed by atoms with Gasteiger partial charge in [-0.05, 0) is 47.0 Å². The fourth-order valence-electron chi connectivity index (χ4n) is 1.87. The minimum Gasteiger partial charge on any atom is -0.481 e. The Morgan fingerprint density at radius 1 is 1.35 bits per heavy atom. The lowest BCUT2D eigenvalue weighted by molar-refractivity contribution is -0.137. The smallest absolute Gasteiger partial charge is 0.304 e. The number of carbonyl (C=O) groups is 1. The van der Waals surface area contributed by atoms with Crippen LogP contribution >= 0.6 is 31.9 Å². The van der Waals surface area contributed by atoms with Crippen LogP contribution in [0, 0.1) is 0 Å². The maximum absolute atomic E-state index is 12.7. The average Bonchev–Trinajstić information content (AvgIpc) is 3.16. The standard InChI is InChI=1S/C12H13Br2NO4S/c13-8-1-4-10(14)11(7-8)20(18,19)15(9-2-3-9)6-5-12(16)17/h1,4,7,9H,2-3,5-6H2,(H,16,17). The first kappa shape index (κ1) is 15.9. The fourth-order valence-corrected chi connectivity index (χ4v) is 5.02. The molecule has 1 fully saturated rings. The molecule has 2 rings (SSSR count). The molecule has 0 bridgehead atoms. The minimum absolute atomic E-state index is 0.00128. The van der Waals surface area contributed by atoms with Gasteiger partial charge in [0.05, 0.1) is 11.3 Å². The summed E-state index contributed by atoms with van der Waals surface area (Å²) in [7, 11) is -3.69. The highest BCUT2D eigenvalue weighted by atomic mass is 79.9. The molecule has 0 aromatic heterocycles. The average molecular weight is 427 g/mol. The van der Waals surface area contributed by atoms with Crippen LogP contribution in [0.15, 0.2) is 32.0 Å². The summed E-state index contributed by atoms with van der Waals surface area (Å²) < 4.78 is 27.8. The molecule has 1 aromatic carbocycles. The number of nitrogens with zero attached hydrogens (tertiary/aromatic N) is 1. The topological polar surface area (TPSA) is 74.7 Å². The van der Waals surface area contributed by atoms with Gasteiger partial charge in [0.25, 0.3) is 0 Å². The molecule has 110 valence electrons. The molecular formula is C12H13Br2NO4S. The van der Waals surface area contributed by atoms with E-state index in [1.165, 1.54) is 10.4 Å². The Hall–Kier alpha value is -0.440. The molecule has 0 aliphatic heterocycles. The van der Waals surface area contributed by atoms with Gasteiger partial charge in [0.2, 0.25) is 10.0 Å². The summed E-state index contributed by atoms with van der Waals surface area (Å²) in [4.78, 5) is 10.8. The molecule has 5 nitrogen and oxygen atoms in total. The molecule has 1 N–H and O–H groups in total. The van der Waals surface area contributed by atoms with Crippen LogP contribution in [0.4, 0.5) is 0 Å². The van der Waals surface area contributed by atoms with Crippen molar-refractivity contribution in [1.82, 2.24) is 4.31 Å². The van der Waals surface area contributed by atoms with Crippen molar-refractivity contribution in [1.29, 1.82) is 0 Å². The number of carboxylic acid groups (broad SMARTS) is 1. The molecule has 1 aliphatic carbocycles. The van der Waals surface area contributed by atoms with Gasteiger partial charge < -0.3 is 5.11 Å². The van der Waals surface area contributed by atoms with E-state index in [9.17, 15) is 13.2 Å². The number of aliphatic carboxylic acids is 1. The van der Waals surface area contributed by atoms with Gasteiger partial charge in [-0.1, -0.05) is 15.9 Å². The lowest BCUT2D eigenvalue weighted by atomic mass is 10.4. The number of hydrogen-bond acceptors (Lipinski definition) is 3. The van der Waals surface area contributed by atoms with Crippen molar-refractivity contribution in [2.45, 2.75) is 30.2 Å². The third-order valence-corrected chi connectivity index (χ3v) is 6.42. The van der Waals surface area contributed by atoms with E-state index in [4.69, 9.17) is 5.11 Å². The van der Waals surface area contributed by atoms with Crippen LogP contribution in [-0.2, 0) is 14.8 Å². The predicted octanol–water partition coefficient (Wildman–Crippen LogP) is 2.84. The zero-order valence-corrected chi connectivity index (χ0v) is 14.4. The molecule has 0 amide bonds. The monoisotopic (exact) mass is 425 g/mol.